The van der Waals surface area contributed by atoms with Crippen LogP contribution in [0.1, 0.15) is 58.4 Å². The molecule has 0 radical (unpaired) electrons. The van der Waals surface area contributed by atoms with Gasteiger partial charge in [0.25, 0.3) is 0 Å². The Balaban J connectivity index is 1.72. The fourth-order valence-electron chi connectivity index (χ4n) is 3.78. The van der Waals surface area contributed by atoms with E-state index in [0.29, 0.717) is 11.6 Å². The van der Waals surface area contributed by atoms with E-state index in [2.05, 4.69) is 55.3 Å². The topological polar surface area (TPSA) is 24.5 Å². The van der Waals surface area contributed by atoms with Gasteiger partial charge in [-0.05, 0) is 69.8 Å². The summed E-state index contributed by atoms with van der Waals surface area (Å²) in [6.45, 7) is 10.6. The summed E-state index contributed by atoms with van der Waals surface area (Å²) in [5.41, 5.74) is 1.72. The molecule has 1 unspecified atom stereocenters. The molecule has 1 aliphatic rings. The number of nitrogens with zero attached hydrogens (tertiary/aromatic N) is 1. The van der Waals surface area contributed by atoms with Gasteiger partial charge in [0, 0.05) is 18.1 Å². The van der Waals surface area contributed by atoms with Crippen molar-refractivity contribution in [3.8, 4) is 5.75 Å². The van der Waals surface area contributed by atoms with Crippen LogP contribution in [0.2, 0.25) is 0 Å². The molecule has 3 heteroatoms. The lowest BCUT2D eigenvalue weighted by molar-refractivity contribution is 0.168. The summed E-state index contributed by atoms with van der Waals surface area (Å²) in [7, 11) is 1.72. The lowest BCUT2D eigenvalue weighted by Gasteiger charge is -2.39. The van der Waals surface area contributed by atoms with E-state index in [9.17, 15) is 0 Å². The van der Waals surface area contributed by atoms with Crippen molar-refractivity contribution in [3.63, 3.8) is 0 Å². The standard InChI is InChI=1S/C21H36N2O/c1-5-14-21(3,6-2)22-19-12-16-23(17-13-19)15-11-18-7-9-20(24-4)10-8-18/h7-10,19,22H,5-6,11-17H2,1-4H3. The first-order valence-corrected chi connectivity index (χ1v) is 9.71. The molecule has 1 aromatic carbocycles. The second-order valence-electron chi connectivity index (χ2n) is 7.52. The molecule has 0 saturated carbocycles. The van der Waals surface area contributed by atoms with Gasteiger partial charge in [0.15, 0.2) is 0 Å². The molecule has 1 atom stereocenters. The first-order chi connectivity index (χ1) is 11.6. The summed E-state index contributed by atoms with van der Waals surface area (Å²) in [5, 5.41) is 3.95. The lowest BCUT2D eigenvalue weighted by Crippen LogP contribution is -2.52. The van der Waals surface area contributed by atoms with Gasteiger partial charge in [-0.1, -0.05) is 32.4 Å². The van der Waals surface area contributed by atoms with Gasteiger partial charge in [-0.25, -0.2) is 0 Å². The van der Waals surface area contributed by atoms with Crippen LogP contribution in [-0.2, 0) is 6.42 Å². The Morgan fingerprint density at radius 3 is 2.38 bits per heavy atom. The Kier molecular flexibility index (Phi) is 7.57. The van der Waals surface area contributed by atoms with Crippen LogP contribution in [0.15, 0.2) is 24.3 Å². The van der Waals surface area contributed by atoms with Crippen LogP contribution < -0.4 is 10.1 Å². The Labute approximate surface area is 148 Å². The second kappa shape index (κ2) is 9.43. The SMILES string of the molecule is CCCC(C)(CC)NC1CCN(CCc2ccc(OC)cc2)CC1. The molecule has 1 aromatic rings. The van der Waals surface area contributed by atoms with Crippen molar-refractivity contribution in [1.29, 1.82) is 0 Å². The van der Waals surface area contributed by atoms with E-state index >= 15 is 0 Å². The van der Waals surface area contributed by atoms with E-state index in [1.54, 1.807) is 7.11 Å². The number of benzene rings is 1. The molecule has 0 aliphatic carbocycles. The summed E-state index contributed by atoms with van der Waals surface area (Å²) in [4.78, 5) is 2.62. The first-order valence-electron chi connectivity index (χ1n) is 9.71. The maximum atomic E-state index is 5.22. The molecular formula is C21H36N2O. The monoisotopic (exact) mass is 332 g/mol. The fourth-order valence-corrected chi connectivity index (χ4v) is 3.78. The molecule has 1 heterocycles. The van der Waals surface area contributed by atoms with E-state index in [4.69, 9.17) is 4.74 Å². The molecular weight excluding hydrogens is 296 g/mol. The number of likely N-dealkylation sites (tertiary alicyclic amines) is 1. The highest BCUT2D eigenvalue weighted by Gasteiger charge is 2.27. The predicted octanol–water partition coefficient (Wildman–Crippen LogP) is 4.26. The number of piperidine rings is 1. The molecule has 0 amide bonds. The molecule has 1 fully saturated rings. The highest BCUT2D eigenvalue weighted by atomic mass is 16.5. The third-order valence-corrected chi connectivity index (χ3v) is 5.60. The lowest BCUT2D eigenvalue weighted by atomic mass is 9.90. The normalized spacial score (nSPS) is 19.2. The predicted molar refractivity (Wildman–Crippen MR) is 103 cm³/mol. The Morgan fingerprint density at radius 1 is 1.17 bits per heavy atom. The second-order valence-corrected chi connectivity index (χ2v) is 7.52. The van der Waals surface area contributed by atoms with E-state index in [-0.39, 0.29) is 0 Å². The van der Waals surface area contributed by atoms with Gasteiger partial charge in [0.1, 0.15) is 5.75 Å². The van der Waals surface area contributed by atoms with Gasteiger partial charge in [-0.3, -0.25) is 0 Å². The molecule has 0 aromatic heterocycles. The summed E-state index contributed by atoms with van der Waals surface area (Å²) in [6.07, 6.45) is 7.45. The molecule has 2 rings (SSSR count). The van der Waals surface area contributed by atoms with Crippen molar-refractivity contribution in [2.45, 2.75) is 70.9 Å². The maximum Gasteiger partial charge on any atom is 0.118 e. The third kappa shape index (κ3) is 5.78. The number of rotatable bonds is 9. The van der Waals surface area contributed by atoms with E-state index in [1.807, 2.05) is 0 Å². The van der Waals surface area contributed by atoms with Gasteiger partial charge < -0.3 is 15.0 Å². The van der Waals surface area contributed by atoms with E-state index < -0.39 is 0 Å². The summed E-state index contributed by atoms with van der Waals surface area (Å²) in [5.74, 6) is 0.941. The van der Waals surface area contributed by atoms with Crippen LogP contribution in [0.25, 0.3) is 0 Å². The first kappa shape index (κ1) is 19.3. The molecule has 0 spiro atoms. The zero-order valence-corrected chi connectivity index (χ0v) is 16.1. The Hall–Kier alpha value is -1.06. The molecule has 0 bridgehead atoms. The van der Waals surface area contributed by atoms with Crippen molar-refractivity contribution in [2.24, 2.45) is 0 Å². The molecule has 136 valence electrons. The van der Waals surface area contributed by atoms with Crippen LogP contribution in [-0.4, -0.2) is 43.2 Å². The van der Waals surface area contributed by atoms with Crippen molar-refractivity contribution in [2.75, 3.05) is 26.7 Å². The summed E-state index contributed by atoms with van der Waals surface area (Å²) >= 11 is 0. The summed E-state index contributed by atoms with van der Waals surface area (Å²) < 4.78 is 5.22. The molecule has 1 saturated heterocycles. The molecule has 24 heavy (non-hydrogen) atoms. The highest BCUT2D eigenvalue weighted by Crippen LogP contribution is 2.21. The van der Waals surface area contributed by atoms with Gasteiger partial charge in [0.2, 0.25) is 0 Å². The largest absolute Gasteiger partial charge is 0.497 e. The van der Waals surface area contributed by atoms with Crippen LogP contribution in [0.4, 0.5) is 0 Å². The zero-order valence-electron chi connectivity index (χ0n) is 16.1. The molecule has 1 aliphatic heterocycles. The van der Waals surface area contributed by atoms with Crippen LogP contribution in [0, 0.1) is 0 Å². The quantitative estimate of drug-likeness (QED) is 0.731. The summed E-state index contributed by atoms with van der Waals surface area (Å²) in [6, 6.07) is 9.18. The Morgan fingerprint density at radius 2 is 1.83 bits per heavy atom. The average Bonchev–Trinajstić information content (AvgIpc) is 2.62. The number of nitrogens with one attached hydrogen (secondary N) is 1. The van der Waals surface area contributed by atoms with Crippen LogP contribution >= 0.6 is 0 Å². The van der Waals surface area contributed by atoms with Crippen molar-refractivity contribution >= 4 is 0 Å². The van der Waals surface area contributed by atoms with Crippen molar-refractivity contribution < 1.29 is 4.74 Å². The minimum Gasteiger partial charge on any atom is -0.497 e. The van der Waals surface area contributed by atoms with Gasteiger partial charge >= 0.3 is 0 Å². The number of hydrogen-bond acceptors (Lipinski definition) is 3. The maximum absolute atomic E-state index is 5.22. The molecule has 1 N–H and O–H groups in total. The van der Waals surface area contributed by atoms with Crippen LogP contribution in [0.5, 0.6) is 5.75 Å². The fraction of sp³-hybridized carbons (Fsp3) is 0.714. The minimum atomic E-state index is 0.324. The van der Waals surface area contributed by atoms with Gasteiger partial charge in [0.05, 0.1) is 7.11 Å². The minimum absolute atomic E-state index is 0.324. The van der Waals surface area contributed by atoms with Gasteiger partial charge in [-0.2, -0.15) is 0 Å². The Bertz CT molecular complexity index is 465. The highest BCUT2D eigenvalue weighted by molar-refractivity contribution is 5.27. The number of ether oxygens (including phenoxy) is 1. The van der Waals surface area contributed by atoms with Crippen molar-refractivity contribution in [1.82, 2.24) is 10.2 Å². The number of methoxy groups -OCH3 is 1. The smallest absolute Gasteiger partial charge is 0.118 e. The molecule has 3 nitrogen and oxygen atoms in total. The van der Waals surface area contributed by atoms with E-state index in [0.717, 1.165) is 12.2 Å². The van der Waals surface area contributed by atoms with Gasteiger partial charge in [-0.15, -0.1) is 0 Å². The van der Waals surface area contributed by atoms with Crippen molar-refractivity contribution in [3.05, 3.63) is 29.8 Å². The van der Waals surface area contributed by atoms with E-state index in [1.165, 1.54) is 57.3 Å². The third-order valence-electron chi connectivity index (χ3n) is 5.60. The zero-order chi connectivity index (χ0) is 17.4. The van der Waals surface area contributed by atoms with Crippen LogP contribution in [0.3, 0.4) is 0 Å². The average molecular weight is 333 g/mol. The number of hydrogen-bond donors (Lipinski definition) is 1.